The molecular weight excluding hydrogens is 280 g/mol. The fourth-order valence-electron chi connectivity index (χ4n) is 3.21. The van der Waals surface area contributed by atoms with Gasteiger partial charge in [0, 0.05) is 11.5 Å². The molecule has 4 rings (SSSR count). The van der Waals surface area contributed by atoms with E-state index in [1.165, 1.54) is 0 Å². The Morgan fingerprint density at radius 2 is 2.18 bits per heavy atom. The van der Waals surface area contributed by atoms with Gasteiger partial charge in [0.05, 0.1) is 23.7 Å². The standard InChI is InChI=1S/C16H18N4O2/c1-8(2)12-6-22-7-13-19-14-15(20(12)13)10-4-3-9(21)5-11(10)18-16(14)17/h3-5,8,12,21H,6-7H2,1-2H3,(H2,17,18)/t12-/m1/s1. The largest absolute Gasteiger partial charge is 0.508 e. The van der Waals surface area contributed by atoms with Gasteiger partial charge in [-0.2, -0.15) is 0 Å². The van der Waals surface area contributed by atoms with Crippen molar-refractivity contribution in [3.8, 4) is 5.75 Å². The van der Waals surface area contributed by atoms with Crippen LogP contribution in [0.4, 0.5) is 5.82 Å². The quantitative estimate of drug-likeness (QED) is 0.721. The Morgan fingerprint density at radius 3 is 2.95 bits per heavy atom. The van der Waals surface area contributed by atoms with Crippen molar-refractivity contribution in [3.63, 3.8) is 0 Å². The van der Waals surface area contributed by atoms with Crippen molar-refractivity contribution in [3.05, 3.63) is 24.0 Å². The zero-order valence-corrected chi connectivity index (χ0v) is 12.6. The molecule has 1 aromatic carbocycles. The number of phenolic OH excluding ortho intramolecular Hbond substituents is 1. The second-order valence-corrected chi connectivity index (χ2v) is 6.12. The van der Waals surface area contributed by atoms with Crippen LogP contribution in [0.1, 0.15) is 25.7 Å². The van der Waals surface area contributed by atoms with Gasteiger partial charge in [-0.05, 0) is 18.1 Å². The molecule has 6 heteroatoms. The Hall–Kier alpha value is -2.34. The number of imidazole rings is 1. The lowest BCUT2D eigenvalue weighted by Gasteiger charge is -2.29. The number of fused-ring (bicyclic) bond motifs is 5. The van der Waals surface area contributed by atoms with Gasteiger partial charge in [0.25, 0.3) is 0 Å². The van der Waals surface area contributed by atoms with Crippen LogP contribution >= 0.6 is 0 Å². The molecule has 0 radical (unpaired) electrons. The maximum atomic E-state index is 9.70. The molecule has 1 aliphatic heterocycles. The highest BCUT2D eigenvalue weighted by Crippen LogP contribution is 2.36. The van der Waals surface area contributed by atoms with Gasteiger partial charge in [0.2, 0.25) is 0 Å². The topological polar surface area (TPSA) is 86.2 Å². The Kier molecular flexibility index (Phi) is 2.77. The van der Waals surface area contributed by atoms with Crippen LogP contribution in [0.15, 0.2) is 18.2 Å². The molecule has 0 bridgehead atoms. The van der Waals surface area contributed by atoms with Crippen molar-refractivity contribution in [1.29, 1.82) is 0 Å². The van der Waals surface area contributed by atoms with Crippen LogP contribution in [0.3, 0.4) is 0 Å². The summed E-state index contributed by atoms with van der Waals surface area (Å²) in [7, 11) is 0. The lowest BCUT2D eigenvalue weighted by Crippen LogP contribution is -2.27. The van der Waals surface area contributed by atoms with E-state index in [4.69, 9.17) is 10.5 Å². The molecule has 3 aromatic rings. The highest BCUT2D eigenvalue weighted by atomic mass is 16.5. The van der Waals surface area contributed by atoms with E-state index in [0.29, 0.717) is 36.0 Å². The number of ether oxygens (including phenoxy) is 1. The molecule has 2 aromatic heterocycles. The summed E-state index contributed by atoms with van der Waals surface area (Å²) in [6, 6.07) is 5.40. The summed E-state index contributed by atoms with van der Waals surface area (Å²) in [5.41, 5.74) is 8.48. The first kappa shape index (κ1) is 13.3. The predicted octanol–water partition coefficient (Wildman–Crippen LogP) is 2.60. The lowest BCUT2D eigenvalue weighted by atomic mass is 10.0. The normalized spacial score (nSPS) is 18.2. The predicted molar refractivity (Wildman–Crippen MR) is 84.6 cm³/mol. The number of anilines is 1. The molecule has 0 saturated carbocycles. The number of hydrogen-bond donors (Lipinski definition) is 2. The minimum atomic E-state index is 0.181. The van der Waals surface area contributed by atoms with E-state index in [2.05, 4.69) is 28.4 Å². The smallest absolute Gasteiger partial charge is 0.152 e. The summed E-state index contributed by atoms with van der Waals surface area (Å²) in [6.07, 6.45) is 0. The van der Waals surface area contributed by atoms with Gasteiger partial charge in [-0.15, -0.1) is 0 Å². The summed E-state index contributed by atoms with van der Waals surface area (Å²) < 4.78 is 7.92. The third-order valence-corrected chi connectivity index (χ3v) is 4.33. The van der Waals surface area contributed by atoms with Crippen LogP contribution in [0, 0.1) is 5.92 Å². The first-order chi connectivity index (χ1) is 10.6. The summed E-state index contributed by atoms with van der Waals surface area (Å²) in [6.45, 7) is 5.50. The van der Waals surface area contributed by atoms with E-state index >= 15 is 0 Å². The first-order valence-electron chi connectivity index (χ1n) is 7.43. The summed E-state index contributed by atoms with van der Waals surface area (Å²) in [5, 5.41) is 10.7. The van der Waals surface area contributed by atoms with Crippen molar-refractivity contribution >= 4 is 27.8 Å². The van der Waals surface area contributed by atoms with E-state index in [-0.39, 0.29) is 11.8 Å². The van der Waals surface area contributed by atoms with E-state index in [9.17, 15) is 5.11 Å². The van der Waals surface area contributed by atoms with Gasteiger partial charge >= 0.3 is 0 Å². The van der Waals surface area contributed by atoms with Gasteiger partial charge in [-0.25, -0.2) is 9.97 Å². The number of nitrogens with two attached hydrogens (primary N) is 1. The van der Waals surface area contributed by atoms with E-state index < -0.39 is 0 Å². The Morgan fingerprint density at radius 1 is 1.36 bits per heavy atom. The highest BCUT2D eigenvalue weighted by Gasteiger charge is 2.28. The van der Waals surface area contributed by atoms with Crippen molar-refractivity contribution in [2.45, 2.75) is 26.5 Å². The van der Waals surface area contributed by atoms with Gasteiger partial charge in [-0.1, -0.05) is 13.8 Å². The molecule has 22 heavy (non-hydrogen) atoms. The Labute approximate surface area is 127 Å². The number of phenols is 1. The van der Waals surface area contributed by atoms with Crippen LogP contribution in [-0.2, 0) is 11.3 Å². The molecule has 1 atom stereocenters. The number of nitrogen functional groups attached to an aromatic ring is 1. The molecule has 0 unspecified atom stereocenters. The third kappa shape index (κ3) is 1.77. The highest BCUT2D eigenvalue weighted by molar-refractivity contribution is 6.07. The molecule has 6 nitrogen and oxygen atoms in total. The Balaban J connectivity index is 2.15. The number of rotatable bonds is 1. The number of benzene rings is 1. The number of aromatic nitrogens is 3. The fraction of sp³-hybridized carbons (Fsp3) is 0.375. The average molecular weight is 298 g/mol. The Bertz CT molecular complexity index is 885. The molecule has 0 amide bonds. The van der Waals surface area contributed by atoms with Gasteiger partial charge in [0.15, 0.2) is 5.82 Å². The SMILES string of the molecule is CC(C)[C@H]1COCc2nc3c(N)nc4cc(O)ccc4c3n21. The van der Waals surface area contributed by atoms with Crippen molar-refractivity contribution in [1.82, 2.24) is 14.5 Å². The zero-order valence-electron chi connectivity index (χ0n) is 12.6. The first-order valence-corrected chi connectivity index (χ1v) is 7.43. The van der Waals surface area contributed by atoms with E-state index in [1.54, 1.807) is 12.1 Å². The molecule has 0 fully saturated rings. The third-order valence-electron chi connectivity index (χ3n) is 4.33. The molecule has 0 saturated heterocycles. The maximum absolute atomic E-state index is 9.70. The second kappa shape index (κ2) is 4.58. The van der Waals surface area contributed by atoms with Crippen molar-refractivity contribution in [2.24, 2.45) is 5.92 Å². The minimum absolute atomic E-state index is 0.181. The summed E-state index contributed by atoms with van der Waals surface area (Å²) in [5.74, 6) is 1.87. The van der Waals surface area contributed by atoms with E-state index in [0.717, 1.165) is 16.7 Å². The maximum Gasteiger partial charge on any atom is 0.152 e. The van der Waals surface area contributed by atoms with Crippen molar-refractivity contribution < 1.29 is 9.84 Å². The van der Waals surface area contributed by atoms with Crippen LogP contribution in [-0.4, -0.2) is 26.2 Å². The zero-order chi connectivity index (χ0) is 15.4. The molecule has 3 heterocycles. The van der Waals surface area contributed by atoms with Gasteiger partial charge in [-0.3, -0.25) is 0 Å². The molecule has 1 aliphatic rings. The van der Waals surface area contributed by atoms with Crippen LogP contribution in [0.25, 0.3) is 21.9 Å². The second-order valence-electron chi connectivity index (χ2n) is 6.12. The monoisotopic (exact) mass is 298 g/mol. The summed E-state index contributed by atoms with van der Waals surface area (Å²) in [4.78, 5) is 9.03. The summed E-state index contributed by atoms with van der Waals surface area (Å²) >= 11 is 0. The molecule has 0 aliphatic carbocycles. The molecular formula is C16H18N4O2. The molecule has 3 N–H and O–H groups in total. The van der Waals surface area contributed by atoms with Crippen LogP contribution < -0.4 is 5.73 Å². The minimum Gasteiger partial charge on any atom is -0.508 e. The van der Waals surface area contributed by atoms with Gasteiger partial charge in [0.1, 0.15) is 23.7 Å². The average Bonchev–Trinajstić information content (AvgIpc) is 2.87. The fourth-order valence-corrected chi connectivity index (χ4v) is 3.21. The van der Waals surface area contributed by atoms with Crippen LogP contribution in [0.2, 0.25) is 0 Å². The van der Waals surface area contributed by atoms with E-state index in [1.807, 2.05) is 6.07 Å². The number of nitrogens with zero attached hydrogens (tertiary/aromatic N) is 3. The molecule has 0 spiro atoms. The van der Waals surface area contributed by atoms with Crippen LogP contribution in [0.5, 0.6) is 5.75 Å². The molecule has 114 valence electrons. The number of pyridine rings is 1. The lowest BCUT2D eigenvalue weighted by molar-refractivity contribution is 0.0418. The van der Waals surface area contributed by atoms with Gasteiger partial charge < -0.3 is 20.1 Å². The van der Waals surface area contributed by atoms with Crippen molar-refractivity contribution in [2.75, 3.05) is 12.3 Å². The number of hydrogen-bond acceptors (Lipinski definition) is 5. The number of aromatic hydroxyl groups is 1.